The molecule has 0 spiro atoms. The third-order valence-electron chi connectivity index (χ3n) is 3.78. The van der Waals surface area contributed by atoms with Gasteiger partial charge < -0.3 is 21.1 Å². The number of carbonyl (C=O) groups excluding carboxylic acids is 1. The Morgan fingerprint density at radius 1 is 1.25 bits per heavy atom. The second kappa shape index (κ2) is 10.9. The van der Waals surface area contributed by atoms with Crippen molar-refractivity contribution in [1.82, 2.24) is 24.9 Å². The lowest BCUT2D eigenvalue weighted by Gasteiger charge is -2.03. The molecule has 1 amide bonds. The van der Waals surface area contributed by atoms with Gasteiger partial charge in [0.1, 0.15) is 11.9 Å². The third kappa shape index (κ3) is 5.92. The van der Waals surface area contributed by atoms with Crippen molar-refractivity contribution in [2.45, 2.75) is 20.0 Å². The standard InChI is InChI=1S/C16H14N6O2.C4H5NO.C2H2/c1-9(23)2-3-10-4-5-11-12(8-10)22(21-14(11)15(17)24)13-6-7-19-16(18)20-13;1-4-2-3-5-6-4;1-2/h4-9,23H,1H3,(H2,17,24)(H2,18,19,20);2-3H,1H3;1-2H/t9-;;/m1../s1. The zero-order valence-electron chi connectivity index (χ0n) is 17.4. The Labute approximate surface area is 184 Å². The van der Waals surface area contributed by atoms with Crippen molar-refractivity contribution >= 4 is 22.8 Å². The monoisotopic (exact) mass is 431 g/mol. The van der Waals surface area contributed by atoms with Crippen LogP contribution in [-0.2, 0) is 0 Å². The van der Waals surface area contributed by atoms with E-state index in [0.29, 0.717) is 22.3 Å². The van der Waals surface area contributed by atoms with Crippen LogP contribution in [0.3, 0.4) is 0 Å². The Kier molecular flexibility index (Phi) is 8.06. The summed E-state index contributed by atoms with van der Waals surface area (Å²) in [5, 5.41) is 17.5. The Balaban J connectivity index is 0.000000387. The van der Waals surface area contributed by atoms with Gasteiger partial charge in [-0.3, -0.25) is 4.79 Å². The number of rotatable bonds is 2. The Hall–Kier alpha value is -4.67. The maximum absolute atomic E-state index is 11.7. The Morgan fingerprint density at radius 3 is 2.53 bits per heavy atom. The number of aryl methyl sites for hydroxylation is 1. The molecule has 0 saturated heterocycles. The molecular formula is C22H21N7O3. The van der Waals surface area contributed by atoms with E-state index in [9.17, 15) is 9.90 Å². The molecule has 10 heteroatoms. The number of primary amides is 1. The van der Waals surface area contributed by atoms with Crippen LogP contribution in [0.5, 0.6) is 0 Å². The van der Waals surface area contributed by atoms with Gasteiger partial charge in [0.15, 0.2) is 11.5 Å². The first-order chi connectivity index (χ1) is 15.3. The fourth-order valence-corrected chi connectivity index (χ4v) is 2.50. The molecule has 4 rings (SSSR count). The van der Waals surface area contributed by atoms with Gasteiger partial charge in [-0.2, -0.15) is 10.1 Å². The van der Waals surface area contributed by atoms with Crippen LogP contribution < -0.4 is 11.5 Å². The molecule has 1 aromatic carbocycles. The van der Waals surface area contributed by atoms with Gasteiger partial charge in [0.2, 0.25) is 5.95 Å². The quantitative estimate of drug-likeness (QED) is 0.402. The summed E-state index contributed by atoms with van der Waals surface area (Å²) in [6, 6.07) is 8.59. The second-order valence-corrected chi connectivity index (χ2v) is 6.20. The number of aliphatic hydroxyl groups excluding tert-OH is 1. The number of benzene rings is 1. The minimum atomic E-state index is -0.742. The van der Waals surface area contributed by atoms with Gasteiger partial charge in [0.05, 0.1) is 11.7 Å². The highest BCUT2D eigenvalue weighted by Gasteiger charge is 2.17. The zero-order chi connectivity index (χ0) is 23.7. The lowest BCUT2D eigenvalue weighted by Crippen LogP contribution is -2.13. The number of aromatic nitrogens is 5. The molecule has 5 N–H and O–H groups in total. The number of hydrogen-bond acceptors (Lipinski definition) is 8. The number of aliphatic hydroxyl groups is 1. The molecule has 0 aliphatic rings. The number of fused-ring (bicyclic) bond motifs is 1. The van der Waals surface area contributed by atoms with Crippen molar-refractivity contribution < 1.29 is 14.4 Å². The number of nitrogen functional groups attached to an aromatic ring is 1. The molecular weight excluding hydrogens is 410 g/mol. The summed E-state index contributed by atoms with van der Waals surface area (Å²) in [4.78, 5) is 19.6. The number of nitrogens with zero attached hydrogens (tertiary/aromatic N) is 5. The smallest absolute Gasteiger partial charge is 0.269 e. The van der Waals surface area contributed by atoms with E-state index < -0.39 is 12.0 Å². The van der Waals surface area contributed by atoms with Crippen molar-refractivity contribution in [2.24, 2.45) is 5.73 Å². The number of anilines is 1. The second-order valence-electron chi connectivity index (χ2n) is 6.20. The first-order valence-corrected chi connectivity index (χ1v) is 9.17. The maximum atomic E-state index is 11.7. The van der Waals surface area contributed by atoms with E-state index in [1.165, 1.54) is 10.9 Å². The third-order valence-corrected chi connectivity index (χ3v) is 3.78. The number of terminal acetylenes is 1. The van der Waals surface area contributed by atoms with E-state index in [1.807, 2.05) is 6.92 Å². The molecule has 1 atom stereocenters. The number of nitrogens with two attached hydrogens (primary N) is 2. The number of carbonyl (C=O) groups is 1. The lowest BCUT2D eigenvalue weighted by molar-refractivity contribution is 0.0996. The normalized spacial score (nSPS) is 10.5. The summed E-state index contributed by atoms with van der Waals surface area (Å²) in [6.07, 6.45) is 10.4. The molecule has 3 heterocycles. The van der Waals surface area contributed by atoms with Gasteiger partial charge in [-0.15, -0.1) is 12.8 Å². The van der Waals surface area contributed by atoms with E-state index in [4.69, 9.17) is 11.5 Å². The SMILES string of the molecule is C#C.C[C@@H](O)C#Cc1ccc2c(C(N)=O)nn(-c3ccnc(N)n3)c2c1.Cc1ccno1. The van der Waals surface area contributed by atoms with Crippen LogP contribution in [0.2, 0.25) is 0 Å². The fourth-order valence-electron chi connectivity index (χ4n) is 2.50. The maximum Gasteiger partial charge on any atom is 0.269 e. The predicted molar refractivity (Wildman–Crippen MR) is 119 cm³/mol. The summed E-state index contributed by atoms with van der Waals surface area (Å²) >= 11 is 0. The molecule has 10 nitrogen and oxygen atoms in total. The summed E-state index contributed by atoms with van der Waals surface area (Å²) in [5.74, 6) is 6.21. The van der Waals surface area contributed by atoms with Crippen molar-refractivity contribution in [3.8, 4) is 30.5 Å². The number of amides is 1. The van der Waals surface area contributed by atoms with Gasteiger partial charge in [0, 0.05) is 29.3 Å². The van der Waals surface area contributed by atoms with Crippen molar-refractivity contribution in [3.63, 3.8) is 0 Å². The first-order valence-electron chi connectivity index (χ1n) is 9.17. The molecule has 0 aliphatic carbocycles. The van der Waals surface area contributed by atoms with Crippen LogP contribution in [-0.4, -0.2) is 42.0 Å². The zero-order valence-corrected chi connectivity index (χ0v) is 17.4. The molecule has 0 unspecified atom stereocenters. The molecule has 32 heavy (non-hydrogen) atoms. The molecule has 0 aliphatic heterocycles. The molecule has 0 bridgehead atoms. The van der Waals surface area contributed by atoms with Crippen molar-refractivity contribution in [3.05, 3.63) is 59.7 Å². The van der Waals surface area contributed by atoms with Gasteiger partial charge in [-0.25, -0.2) is 9.67 Å². The molecule has 3 aromatic heterocycles. The minimum absolute atomic E-state index is 0.0850. The highest BCUT2D eigenvalue weighted by Crippen LogP contribution is 2.22. The van der Waals surface area contributed by atoms with E-state index in [1.54, 1.807) is 43.5 Å². The van der Waals surface area contributed by atoms with E-state index in [0.717, 1.165) is 5.76 Å². The molecule has 0 fully saturated rings. The highest BCUT2D eigenvalue weighted by atomic mass is 16.5. The largest absolute Gasteiger partial charge is 0.381 e. The van der Waals surface area contributed by atoms with Gasteiger partial charge in [0.25, 0.3) is 5.91 Å². The Bertz CT molecular complexity index is 1280. The van der Waals surface area contributed by atoms with E-state index >= 15 is 0 Å². The van der Waals surface area contributed by atoms with Crippen LogP contribution in [0.4, 0.5) is 5.95 Å². The van der Waals surface area contributed by atoms with E-state index in [-0.39, 0.29) is 11.6 Å². The van der Waals surface area contributed by atoms with Crippen LogP contribution in [0.25, 0.3) is 16.7 Å². The van der Waals surface area contributed by atoms with Crippen molar-refractivity contribution in [1.29, 1.82) is 0 Å². The van der Waals surface area contributed by atoms with Crippen LogP contribution in [0, 0.1) is 31.6 Å². The predicted octanol–water partition coefficient (Wildman–Crippen LogP) is 1.46. The highest BCUT2D eigenvalue weighted by molar-refractivity contribution is 6.04. The molecule has 0 saturated carbocycles. The summed E-state index contributed by atoms with van der Waals surface area (Å²) in [5.41, 5.74) is 12.4. The van der Waals surface area contributed by atoms with Crippen molar-refractivity contribution in [2.75, 3.05) is 5.73 Å². The van der Waals surface area contributed by atoms with Crippen LogP contribution >= 0.6 is 0 Å². The summed E-state index contributed by atoms with van der Waals surface area (Å²) in [7, 11) is 0. The topological polar surface area (TPSA) is 159 Å². The fraction of sp³-hybridized carbons (Fsp3) is 0.136. The van der Waals surface area contributed by atoms with Gasteiger partial charge >= 0.3 is 0 Å². The molecule has 162 valence electrons. The molecule has 0 radical (unpaired) electrons. The summed E-state index contributed by atoms with van der Waals surface area (Å²) < 4.78 is 6.04. The van der Waals surface area contributed by atoms with Gasteiger partial charge in [-0.1, -0.05) is 17.0 Å². The van der Waals surface area contributed by atoms with Gasteiger partial charge in [-0.05, 0) is 32.0 Å². The molecule has 4 aromatic rings. The lowest BCUT2D eigenvalue weighted by atomic mass is 10.1. The summed E-state index contributed by atoms with van der Waals surface area (Å²) in [6.45, 7) is 3.43. The van der Waals surface area contributed by atoms with Crippen LogP contribution in [0.15, 0.2) is 47.2 Å². The Morgan fingerprint density at radius 2 is 2.00 bits per heavy atom. The average molecular weight is 431 g/mol. The van der Waals surface area contributed by atoms with E-state index in [2.05, 4.69) is 49.4 Å². The average Bonchev–Trinajstić information content (AvgIpc) is 3.40. The number of hydrogen-bond donors (Lipinski definition) is 3. The first kappa shape index (κ1) is 23.6. The minimum Gasteiger partial charge on any atom is -0.381 e. The van der Waals surface area contributed by atoms with Crippen LogP contribution in [0.1, 0.15) is 28.7 Å².